The van der Waals surface area contributed by atoms with Crippen molar-refractivity contribution in [1.29, 1.82) is 0 Å². The van der Waals surface area contributed by atoms with Gasteiger partial charge in [0.25, 0.3) is 0 Å². The lowest BCUT2D eigenvalue weighted by Gasteiger charge is -2.11. The van der Waals surface area contributed by atoms with Gasteiger partial charge in [-0.3, -0.25) is 0 Å². The predicted octanol–water partition coefficient (Wildman–Crippen LogP) is 11.7. The molecule has 0 saturated carbocycles. The van der Waals surface area contributed by atoms with Crippen LogP contribution in [-0.4, -0.2) is 0 Å². The van der Waals surface area contributed by atoms with E-state index in [1.807, 2.05) is 0 Å². The van der Waals surface area contributed by atoms with Crippen molar-refractivity contribution in [2.75, 3.05) is 0 Å². The molecule has 43 heavy (non-hydrogen) atoms. The quantitative estimate of drug-likeness (QED) is 0.207. The largest absolute Gasteiger partial charge is 0.0619 e. The summed E-state index contributed by atoms with van der Waals surface area (Å²) in [5.74, 6) is 0. The van der Waals surface area contributed by atoms with Crippen molar-refractivity contribution in [2.45, 2.75) is 6.42 Å². The molecule has 0 aliphatic heterocycles. The SMILES string of the molecule is c1ccc2c(c1)Cc1c(-c3ccc4cc(-c5ccc6cc(-c7ccc8ccccc8c7)ccc6c5)ccc4c3)cccc1-2. The van der Waals surface area contributed by atoms with Crippen LogP contribution in [0.15, 0.2) is 158 Å². The molecule has 0 nitrogen and oxygen atoms in total. The molecule has 0 N–H and O–H groups in total. The topological polar surface area (TPSA) is 0 Å². The van der Waals surface area contributed by atoms with Gasteiger partial charge < -0.3 is 0 Å². The molecule has 8 aromatic rings. The van der Waals surface area contributed by atoms with Crippen molar-refractivity contribution < 1.29 is 0 Å². The van der Waals surface area contributed by atoms with E-state index in [1.165, 1.54) is 88.0 Å². The average molecular weight is 545 g/mol. The lowest BCUT2D eigenvalue weighted by molar-refractivity contribution is 1.26. The number of hydrogen-bond acceptors (Lipinski definition) is 0. The zero-order valence-corrected chi connectivity index (χ0v) is 23.7. The molecule has 0 radical (unpaired) electrons. The highest BCUT2D eigenvalue weighted by Gasteiger charge is 2.21. The first-order chi connectivity index (χ1) is 21.3. The highest BCUT2D eigenvalue weighted by molar-refractivity contribution is 5.96. The summed E-state index contributed by atoms with van der Waals surface area (Å²) in [7, 11) is 0. The molecule has 0 bridgehead atoms. The standard InChI is InChI=1S/C43H28/c1-2-7-29-22-30(13-12-28(29)6-1)31-14-15-33-24-34(17-16-32(33)23-31)35-18-19-37-26-39(21-20-36(37)25-35)41-10-5-11-42-40-9-4-3-8-38(40)27-43(41)42/h1-26H,27H2. The lowest BCUT2D eigenvalue weighted by atomic mass is 9.93. The Morgan fingerprint density at radius 3 is 1.33 bits per heavy atom. The van der Waals surface area contributed by atoms with Crippen LogP contribution in [0, 0.1) is 0 Å². The molecule has 0 spiro atoms. The van der Waals surface area contributed by atoms with Gasteiger partial charge in [0, 0.05) is 0 Å². The highest BCUT2D eigenvalue weighted by atomic mass is 14.2. The molecular formula is C43H28. The van der Waals surface area contributed by atoms with E-state index in [9.17, 15) is 0 Å². The van der Waals surface area contributed by atoms with E-state index in [0.717, 1.165) is 6.42 Å². The Kier molecular flexibility index (Phi) is 5.36. The number of benzene rings is 8. The summed E-state index contributed by atoms with van der Waals surface area (Å²) in [6.07, 6.45) is 1.00. The molecule has 8 aromatic carbocycles. The molecular weight excluding hydrogens is 516 g/mol. The third-order valence-electron chi connectivity index (χ3n) is 9.26. The van der Waals surface area contributed by atoms with Gasteiger partial charge in [0.1, 0.15) is 0 Å². The van der Waals surface area contributed by atoms with Gasteiger partial charge in [-0.05, 0) is 125 Å². The predicted molar refractivity (Wildman–Crippen MR) is 184 cm³/mol. The van der Waals surface area contributed by atoms with Crippen molar-refractivity contribution >= 4 is 32.3 Å². The number of fused-ring (bicyclic) bond motifs is 6. The summed E-state index contributed by atoms with van der Waals surface area (Å²) in [6.45, 7) is 0. The van der Waals surface area contributed by atoms with Gasteiger partial charge in [-0.2, -0.15) is 0 Å². The fourth-order valence-electron chi connectivity index (χ4n) is 6.99. The Labute approximate surface area is 251 Å². The van der Waals surface area contributed by atoms with Gasteiger partial charge in [-0.25, -0.2) is 0 Å². The Balaban J connectivity index is 1.04. The molecule has 0 fully saturated rings. The summed E-state index contributed by atoms with van der Waals surface area (Å²) in [5.41, 5.74) is 13.3. The van der Waals surface area contributed by atoms with Gasteiger partial charge in [0.05, 0.1) is 0 Å². The smallest absolute Gasteiger partial charge is 0.000729 e. The second-order valence-electron chi connectivity index (χ2n) is 11.8. The van der Waals surface area contributed by atoms with Crippen LogP contribution >= 0.6 is 0 Å². The van der Waals surface area contributed by atoms with E-state index >= 15 is 0 Å². The summed E-state index contributed by atoms with van der Waals surface area (Å²) < 4.78 is 0. The molecule has 0 amide bonds. The van der Waals surface area contributed by atoms with Crippen LogP contribution in [0.25, 0.3) is 76.8 Å². The monoisotopic (exact) mass is 544 g/mol. The maximum atomic E-state index is 2.35. The maximum absolute atomic E-state index is 2.35. The highest BCUT2D eigenvalue weighted by Crippen LogP contribution is 2.42. The van der Waals surface area contributed by atoms with Crippen LogP contribution in [0.5, 0.6) is 0 Å². The third kappa shape index (κ3) is 4.07. The van der Waals surface area contributed by atoms with E-state index in [1.54, 1.807) is 0 Å². The van der Waals surface area contributed by atoms with Crippen molar-refractivity contribution in [3.05, 3.63) is 169 Å². The van der Waals surface area contributed by atoms with Gasteiger partial charge in [0.15, 0.2) is 0 Å². The molecule has 0 aromatic heterocycles. The van der Waals surface area contributed by atoms with Crippen molar-refractivity contribution in [2.24, 2.45) is 0 Å². The van der Waals surface area contributed by atoms with Crippen LogP contribution in [0.2, 0.25) is 0 Å². The third-order valence-corrected chi connectivity index (χ3v) is 9.26. The molecule has 0 atom stereocenters. The minimum absolute atomic E-state index is 1.00. The summed E-state index contributed by atoms with van der Waals surface area (Å²) in [4.78, 5) is 0. The van der Waals surface area contributed by atoms with E-state index in [-0.39, 0.29) is 0 Å². The van der Waals surface area contributed by atoms with Crippen LogP contribution in [0.3, 0.4) is 0 Å². The van der Waals surface area contributed by atoms with Gasteiger partial charge >= 0.3 is 0 Å². The van der Waals surface area contributed by atoms with Crippen LogP contribution < -0.4 is 0 Å². The molecule has 0 saturated heterocycles. The van der Waals surface area contributed by atoms with E-state index in [4.69, 9.17) is 0 Å². The summed E-state index contributed by atoms with van der Waals surface area (Å²) in [6, 6.07) is 58.3. The van der Waals surface area contributed by atoms with Crippen LogP contribution in [-0.2, 0) is 6.42 Å². The Morgan fingerprint density at radius 1 is 0.279 bits per heavy atom. The zero-order chi connectivity index (χ0) is 28.3. The average Bonchev–Trinajstić information content (AvgIpc) is 3.46. The molecule has 1 aliphatic rings. The first-order valence-corrected chi connectivity index (χ1v) is 15.0. The molecule has 0 unspecified atom stereocenters. The fraction of sp³-hybridized carbons (Fsp3) is 0.0233. The molecule has 0 heterocycles. The Hall–Kier alpha value is -5.46. The minimum atomic E-state index is 1.00. The van der Waals surface area contributed by atoms with Crippen molar-refractivity contribution in [3.63, 3.8) is 0 Å². The Morgan fingerprint density at radius 2 is 0.698 bits per heavy atom. The second kappa shape index (κ2) is 9.54. The minimum Gasteiger partial charge on any atom is -0.0619 e. The van der Waals surface area contributed by atoms with Gasteiger partial charge in [-0.1, -0.05) is 127 Å². The van der Waals surface area contributed by atoms with Crippen molar-refractivity contribution in [1.82, 2.24) is 0 Å². The molecule has 1 aliphatic carbocycles. The molecule has 0 heteroatoms. The molecule has 200 valence electrons. The normalized spacial score (nSPS) is 12.1. The Bertz CT molecular complexity index is 2370. The zero-order valence-electron chi connectivity index (χ0n) is 23.7. The van der Waals surface area contributed by atoms with E-state index in [0.29, 0.717) is 0 Å². The maximum Gasteiger partial charge on any atom is -0.000729 e. The fourth-order valence-corrected chi connectivity index (χ4v) is 6.99. The number of rotatable bonds is 3. The molecule has 9 rings (SSSR count). The summed E-state index contributed by atoms with van der Waals surface area (Å²) >= 11 is 0. The van der Waals surface area contributed by atoms with Crippen LogP contribution in [0.1, 0.15) is 11.1 Å². The summed E-state index contributed by atoms with van der Waals surface area (Å²) in [5, 5.41) is 7.61. The first kappa shape index (κ1) is 24.2. The van der Waals surface area contributed by atoms with E-state index in [2.05, 4.69) is 158 Å². The number of hydrogen-bond donors (Lipinski definition) is 0. The van der Waals surface area contributed by atoms with Gasteiger partial charge in [-0.15, -0.1) is 0 Å². The second-order valence-corrected chi connectivity index (χ2v) is 11.8. The first-order valence-electron chi connectivity index (χ1n) is 15.0. The van der Waals surface area contributed by atoms with Crippen LogP contribution in [0.4, 0.5) is 0 Å². The lowest BCUT2D eigenvalue weighted by Crippen LogP contribution is -1.88. The van der Waals surface area contributed by atoms with E-state index < -0.39 is 0 Å². The van der Waals surface area contributed by atoms with Crippen molar-refractivity contribution in [3.8, 4) is 44.5 Å². The van der Waals surface area contributed by atoms with Gasteiger partial charge in [0.2, 0.25) is 0 Å².